The highest BCUT2D eigenvalue weighted by molar-refractivity contribution is 6.35. The first-order chi connectivity index (χ1) is 15.4. The molecule has 0 aliphatic heterocycles. The van der Waals surface area contributed by atoms with Crippen LogP contribution >= 0.6 is 23.2 Å². The maximum atomic E-state index is 13.1. The molecule has 166 valence electrons. The Kier molecular flexibility index (Phi) is 8.72. The number of carbonyl (C=O) groups excluding carboxylic acids is 2. The van der Waals surface area contributed by atoms with E-state index in [1.54, 1.807) is 30.0 Å². The Morgan fingerprint density at radius 2 is 1.53 bits per heavy atom. The van der Waals surface area contributed by atoms with Crippen LogP contribution in [0.15, 0.2) is 78.9 Å². The van der Waals surface area contributed by atoms with Crippen molar-refractivity contribution in [3.63, 3.8) is 0 Å². The van der Waals surface area contributed by atoms with E-state index in [2.05, 4.69) is 5.32 Å². The molecular weight excluding hydrogens is 443 g/mol. The van der Waals surface area contributed by atoms with Crippen molar-refractivity contribution < 1.29 is 9.59 Å². The molecule has 1 N–H and O–H groups in total. The Bertz CT molecular complexity index is 1040. The van der Waals surface area contributed by atoms with Crippen LogP contribution in [0.5, 0.6) is 0 Å². The Hall–Kier alpha value is -2.82. The topological polar surface area (TPSA) is 49.4 Å². The van der Waals surface area contributed by atoms with Gasteiger partial charge in [0.1, 0.15) is 6.04 Å². The average Bonchev–Trinajstić information content (AvgIpc) is 2.81. The number of aryl methyl sites for hydroxylation is 1. The van der Waals surface area contributed by atoms with Gasteiger partial charge in [-0.25, -0.2) is 0 Å². The molecule has 6 heteroatoms. The zero-order chi connectivity index (χ0) is 22.9. The Labute approximate surface area is 199 Å². The summed E-state index contributed by atoms with van der Waals surface area (Å²) in [5.74, 6) is -0.301. The maximum Gasteiger partial charge on any atom is 0.242 e. The van der Waals surface area contributed by atoms with Crippen molar-refractivity contribution in [3.8, 4) is 0 Å². The van der Waals surface area contributed by atoms with E-state index in [0.717, 1.165) is 16.7 Å². The highest BCUT2D eigenvalue weighted by Gasteiger charge is 2.26. The molecule has 1 atom stereocenters. The fraction of sp³-hybridized carbons (Fsp3) is 0.231. The second kappa shape index (κ2) is 11.7. The van der Waals surface area contributed by atoms with Gasteiger partial charge in [0.25, 0.3) is 0 Å². The second-order valence-electron chi connectivity index (χ2n) is 7.62. The standard InChI is InChI=1S/C26H26Cl2N2O2/c1-19(26(32)29-17-22-13-14-23(27)16-24(22)28)30(18-21-10-6-3-7-11-21)25(31)15-12-20-8-4-2-5-9-20/h2-11,13-14,16,19H,12,15,17-18H2,1H3,(H,29,32). The molecule has 1 unspecified atom stereocenters. The summed E-state index contributed by atoms with van der Waals surface area (Å²) in [6, 6.07) is 24.1. The van der Waals surface area contributed by atoms with E-state index in [1.165, 1.54) is 0 Å². The summed E-state index contributed by atoms with van der Waals surface area (Å²) in [5, 5.41) is 3.92. The van der Waals surface area contributed by atoms with Crippen LogP contribution in [-0.2, 0) is 29.1 Å². The van der Waals surface area contributed by atoms with E-state index < -0.39 is 6.04 Å². The molecule has 0 fully saturated rings. The first-order valence-electron chi connectivity index (χ1n) is 10.5. The molecule has 0 spiro atoms. The normalized spacial score (nSPS) is 11.6. The zero-order valence-corrected chi connectivity index (χ0v) is 19.4. The van der Waals surface area contributed by atoms with Gasteiger partial charge in [0.15, 0.2) is 0 Å². The molecule has 32 heavy (non-hydrogen) atoms. The molecule has 0 bridgehead atoms. The molecule has 0 saturated carbocycles. The summed E-state index contributed by atoms with van der Waals surface area (Å²) >= 11 is 12.2. The molecule has 0 heterocycles. The van der Waals surface area contributed by atoms with Crippen LogP contribution in [0.1, 0.15) is 30.0 Å². The quantitative estimate of drug-likeness (QED) is 0.440. The maximum absolute atomic E-state index is 13.1. The lowest BCUT2D eigenvalue weighted by Crippen LogP contribution is -2.47. The molecule has 3 rings (SSSR count). The summed E-state index contributed by atoms with van der Waals surface area (Å²) in [7, 11) is 0. The van der Waals surface area contributed by atoms with Gasteiger partial charge < -0.3 is 10.2 Å². The van der Waals surface area contributed by atoms with Crippen LogP contribution in [0.4, 0.5) is 0 Å². The minimum Gasteiger partial charge on any atom is -0.350 e. The first kappa shape index (κ1) is 23.8. The van der Waals surface area contributed by atoms with Crippen molar-refractivity contribution in [2.45, 2.75) is 38.9 Å². The zero-order valence-electron chi connectivity index (χ0n) is 17.9. The van der Waals surface area contributed by atoms with Gasteiger partial charge >= 0.3 is 0 Å². The van der Waals surface area contributed by atoms with E-state index >= 15 is 0 Å². The number of hydrogen-bond acceptors (Lipinski definition) is 2. The molecule has 0 aliphatic rings. The van der Waals surface area contributed by atoms with Crippen molar-refractivity contribution in [2.75, 3.05) is 0 Å². The second-order valence-corrected chi connectivity index (χ2v) is 8.47. The summed E-state index contributed by atoms with van der Waals surface area (Å²) in [6.45, 7) is 2.38. The van der Waals surface area contributed by atoms with Crippen molar-refractivity contribution >= 4 is 35.0 Å². The highest BCUT2D eigenvalue weighted by Crippen LogP contribution is 2.21. The molecule has 0 aliphatic carbocycles. The number of hydrogen-bond donors (Lipinski definition) is 1. The van der Waals surface area contributed by atoms with E-state index in [4.69, 9.17) is 23.2 Å². The van der Waals surface area contributed by atoms with Crippen LogP contribution in [0.2, 0.25) is 10.0 Å². The summed E-state index contributed by atoms with van der Waals surface area (Å²) in [6.07, 6.45) is 0.956. The van der Waals surface area contributed by atoms with Crippen LogP contribution in [0.3, 0.4) is 0 Å². The fourth-order valence-electron chi connectivity index (χ4n) is 3.40. The molecular formula is C26H26Cl2N2O2. The molecule has 3 aromatic carbocycles. The third-order valence-electron chi connectivity index (χ3n) is 5.30. The first-order valence-corrected chi connectivity index (χ1v) is 11.3. The summed E-state index contributed by atoms with van der Waals surface area (Å²) in [4.78, 5) is 27.7. The molecule has 2 amide bonds. The average molecular weight is 469 g/mol. The van der Waals surface area contributed by atoms with Crippen LogP contribution in [-0.4, -0.2) is 22.8 Å². The minimum absolute atomic E-state index is 0.0649. The number of halogens is 2. The van der Waals surface area contributed by atoms with Crippen LogP contribution in [0, 0.1) is 0 Å². The van der Waals surface area contributed by atoms with Crippen LogP contribution < -0.4 is 5.32 Å². The van der Waals surface area contributed by atoms with E-state index in [0.29, 0.717) is 29.4 Å². The number of carbonyl (C=O) groups is 2. The molecule has 4 nitrogen and oxygen atoms in total. The van der Waals surface area contributed by atoms with Crippen molar-refractivity contribution in [1.82, 2.24) is 10.2 Å². The number of nitrogens with one attached hydrogen (secondary N) is 1. The van der Waals surface area contributed by atoms with Crippen molar-refractivity contribution in [1.29, 1.82) is 0 Å². The Balaban J connectivity index is 1.69. The highest BCUT2D eigenvalue weighted by atomic mass is 35.5. The van der Waals surface area contributed by atoms with Gasteiger partial charge in [-0.15, -0.1) is 0 Å². The number of nitrogens with zero attached hydrogens (tertiary/aromatic N) is 1. The van der Waals surface area contributed by atoms with Crippen molar-refractivity contribution in [3.05, 3.63) is 106 Å². The third-order valence-corrected chi connectivity index (χ3v) is 5.89. The van der Waals surface area contributed by atoms with E-state index in [-0.39, 0.29) is 18.4 Å². The number of benzene rings is 3. The predicted octanol–water partition coefficient (Wildman–Crippen LogP) is 5.66. The van der Waals surface area contributed by atoms with Crippen molar-refractivity contribution in [2.24, 2.45) is 0 Å². The van der Waals surface area contributed by atoms with Gasteiger partial charge in [-0.3, -0.25) is 9.59 Å². The summed E-state index contributed by atoms with van der Waals surface area (Å²) in [5.41, 5.74) is 2.83. The van der Waals surface area contributed by atoms with Gasteiger partial charge in [-0.1, -0.05) is 89.9 Å². The Morgan fingerprint density at radius 3 is 2.16 bits per heavy atom. The monoisotopic (exact) mass is 468 g/mol. The van der Waals surface area contributed by atoms with Gasteiger partial charge in [0.2, 0.25) is 11.8 Å². The smallest absolute Gasteiger partial charge is 0.242 e. The van der Waals surface area contributed by atoms with E-state index in [9.17, 15) is 9.59 Å². The van der Waals surface area contributed by atoms with E-state index in [1.807, 2.05) is 60.7 Å². The van der Waals surface area contributed by atoms with Gasteiger partial charge in [0, 0.05) is 29.6 Å². The third kappa shape index (κ3) is 6.84. The fourth-order valence-corrected chi connectivity index (χ4v) is 3.87. The molecule has 0 radical (unpaired) electrons. The largest absolute Gasteiger partial charge is 0.350 e. The predicted molar refractivity (Wildman–Crippen MR) is 130 cm³/mol. The summed E-state index contributed by atoms with van der Waals surface area (Å²) < 4.78 is 0. The lowest BCUT2D eigenvalue weighted by molar-refractivity contribution is -0.140. The van der Waals surface area contributed by atoms with Crippen LogP contribution in [0.25, 0.3) is 0 Å². The lowest BCUT2D eigenvalue weighted by Gasteiger charge is -2.29. The number of rotatable bonds is 9. The lowest BCUT2D eigenvalue weighted by atomic mass is 10.1. The van der Waals surface area contributed by atoms with Gasteiger partial charge in [0.05, 0.1) is 0 Å². The Morgan fingerprint density at radius 1 is 0.906 bits per heavy atom. The molecule has 0 aromatic heterocycles. The SMILES string of the molecule is CC(C(=O)NCc1ccc(Cl)cc1Cl)N(Cc1ccccc1)C(=O)CCc1ccccc1. The number of amides is 2. The van der Waals surface area contributed by atoms with Gasteiger partial charge in [-0.2, -0.15) is 0 Å². The minimum atomic E-state index is -0.635. The molecule has 3 aromatic rings. The van der Waals surface area contributed by atoms with Gasteiger partial charge in [-0.05, 0) is 42.2 Å². The molecule has 0 saturated heterocycles.